The summed E-state index contributed by atoms with van der Waals surface area (Å²) in [4.78, 5) is 24.9. The van der Waals surface area contributed by atoms with Gasteiger partial charge in [-0.1, -0.05) is 0 Å². The van der Waals surface area contributed by atoms with Crippen molar-refractivity contribution in [3.8, 4) is 0 Å². The number of H-pyrrole nitrogens is 1. The minimum atomic E-state index is -0.580. The maximum atomic E-state index is 11.5. The number of hydrogen-bond donors (Lipinski definition) is 2. The highest BCUT2D eigenvalue weighted by atomic mass is 16.5. The lowest BCUT2D eigenvalue weighted by atomic mass is 10.2. The average Bonchev–Trinajstić information content (AvgIpc) is 2.53. The number of aliphatic hydroxyl groups excluding tert-OH is 1. The molecule has 1 aromatic rings. The van der Waals surface area contributed by atoms with Gasteiger partial charge in [0.05, 0.1) is 12.2 Å². The van der Waals surface area contributed by atoms with Gasteiger partial charge in [0.1, 0.15) is 6.23 Å². The van der Waals surface area contributed by atoms with Crippen molar-refractivity contribution in [2.24, 2.45) is 0 Å². The van der Waals surface area contributed by atoms with Crippen molar-refractivity contribution >= 4 is 0 Å². The molecule has 1 aromatic heterocycles. The second-order valence-electron chi connectivity index (χ2n) is 4.08. The van der Waals surface area contributed by atoms with Crippen LogP contribution in [0, 0.1) is 6.92 Å². The lowest BCUT2D eigenvalue weighted by molar-refractivity contribution is -0.0102. The topological polar surface area (TPSA) is 84.3 Å². The molecule has 3 atom stereocenters. The fourth-order valence-corrected chi connectivity index (χ4v) is 1.77. The Kier molecular flexibility index (Phi) is 2.69. The average molecular weight is 226 g/mol. The molecule has 0 amide bonds. The van der Waals surface area contributed by atoms with Crippen LogP contribution >= 0.6 is 0 Å². The van der Waals surface area contributed by atoms with Crippen molar-refractivity contribution in [2.45, 2.75) is 38.7 Å². The van der Waals surface area contributed by atoms with Gasteiger partial charge in [0, 0.05) is 18.2 Å². The van der Waals surface area contributed by atoms with Crippen molar-refractivity contribution in [1.29, 1.82) is 0 Å². The zero-order valence-corrected chi connectivity index (χ0v) is 9.14. The first kappa shape index (κ1) is 11.1. The van der Waals surface area contributed by atoms with Crippen molar-refractivity contribution in [2.75, 3.05) is 0 Å². The van der Waals surface area contributed by atoms with Crippen LogP contribution in [0.2, 0.25) is 0 Å². The molecule has 0 saturated carbocycles. The minimum absolute atomic E-state index is 0.302. The summed E-state index contributed by atoms with van der Waals surface area (Å²) in [5.41, 5.74) is -0.466. The number of aromatic amines is 1. The SMILES string of the molecule is Cc1cn([C@@H]2C[C@H](O)[C@H](C)O2)c(=O)[nH]c1=O. The van der Waals surface area contributed by atoms with Gasteiger partial charge < -0.3 is 9.84 Å². The van der Waals surface area contributed by atoms with Gasteiger partial charge in [0.2, 0.25) is 0 Å². The zero-order valence-electron chi connectivity index (χ0n) is 9.14. The van der Waals surface area contributed by atoms with Crippen LogP contribution in [0.15, 0.2) is 15.8 Å². The standard InChI is InChI=1S/C10H14N2O4/c1-5-4-12(10(15)11-9(5)14)8-3-7(13)6(2)16-8/h4,6-8,13H,3H2,1-2H3,(H,11,14,15)/t6-,7-,8-/m0/s1. The number of aliphatic hydroxyl groups is 1. The molecule has 6 heteroatoms. The lowest BCUT2D eigenvalue weighted by Crippen LogP contribution is -2.33. The van der Waals surface area contributed by atoms with E-state index in [0.717, 1.165) is 0 Å². The second-order valence-corrected chi connectivity index (χ2v) is 4.08. The lowest BCUT2D eigenvalue weighted by Gasteiger charge is -2.13. The van der Waals surface area contributed by atoms with E-state index in [1.54, 1.807) is 13.8 Å². The van der Waals surface area contributed by atoms with Crippen LogP contribution in [0.1, 0.15) is 25.1 Å². The van der Waals surface area contributed by atoms with Gasteiger partial charge in [-0.05, 0) is 13.8 Å². The largest absolute Gasteiger partial charge is 0.390 e. The molecule has 0 bridgehead atoms. The molecule has 1 fully saturated rings. The number of hydrogen-bond acceptors (Lipinski definition) is 4. The van der Waals surface area contributed by atoms with E-state index < -0.39 is 23.6 Å². The molecular formula is C10H14N2O4. The second kappa shape index (κ2) is 3.88. The van der Waals surface area contributed by atoms with Gasteiger partial charge >= 0.3 is 5.69 Å². The summed E-state index contributed by atoms with van der Waals surface area (Å²) in [6.07, 6.45) is 0.421. The Morgan fingerprint density at radius 1 is 1.56 bits per heavy atom. The molecular weight excluding hydrogens is 212 g/mol. The van der Waals surface area contributed by atoms with Gasteiger partial charge in [-0.3, -0.25) is 14.3 Å². The van der Waals surface area contributed by atoms with Crippen LogP contribution < -0.4 is 11.2 Å². The molecule has 1 saturated heterocycles. The number of rotatable bonds is 1. The third kappa shape index (κ3) is 1.81. The van der Waals surface area contributed by atoms with E-state index in [0.29, 0.717) is 12.0 Å². The molecule has 2 heterocycles. The quantitative estimate of drug-likeness (QED) is 0.677. The van der Waals surface area contributed by atoms with E-state index >= 15 is 0 Å². The highest BCUT2D eigenvalue weighted by Crippen LogP contribution is 2.26. The molecule has 6 nitrogen and oxygen atoms in total. The van der Waals surface area contributed by atoms with E-state index in [9.17, 15) is 14.7 Å². The van der Waals surface area contributed by atoms with Crippen LogP contribution in [-0.2, 0) is 4.74 Å². The monoisotopic (exact) mass is 226 g/mol. The Morgan fingerprint density at radius 2 is 2.25 bits per heavy atom. The molecule has 0 aliphatic carbocycles. The van der Waals surface area contributed by atoms with Crippen molar-refractivity contribution in [1.82, 2.24) is 9.55 Å². The Labute approximate surface area is 91.5 Å². The summed E-state index contributed by atoms with van der Waals surface area (Å²) in [5, 5.41) is 9.53. The number of ether oxygens (including phenoxy) is 1. The van der Waals surface area contributed by atoms with Gasteiger partial charge in [0.25, 0.3) is 5.56 Å². The van der Waals surface area contributed by atoms with Crippen molar-refractivity contribution < 1.29 is 9.84 Å². The van der Waals surface area contributed by atoms with Crippen LogP contribution in [0.3, 0.4) is 0 Å². The third-order valence-electron chi connectivity index (χ3n) is 2.81. The minimum Gasteiger partial charge on any atom is -0.390 e. The van der Waals surface area contributed by atoms with E-state index in [4.69, 9.17) is 4.74 Å². The first-order valence-corrected chi connectivity index (χ1v) is 5.14. The first-order chi connectivity index (χ1) is 7.49. The molecule has 88 valence electrons. The maximum absolute atomic E-state index is 11.5. The number of aryl methyl sites for hydroxylation is 1. The van der Waals surface area contributed by atoms with E-state index in [2.05, 4.69) is 4.98 Å². The summed E-state index contributed by atoms with van der Waals surface area (Å²) < 4.78 is 6.74. The fraction of sp³-hybridized carbons (Fsp3) is 0.600. The van der Waals surface area contributed by atoms with Crippen molar-refractivity contribution in [3.63, 3.8) is 0 Å². The predicted octanol–water partition coefficient (Wildman–Crippen LogP) is -0.487. The Bertz CT molecular complexity index is 494. The molecule has 0 aromatic carbocycles. The van der Waals surface area contributed by atoms with Gasteiger partial charge in [0.15, 0.2) is 0 Å². The number of nitrogens with zero attached hydrogens (tertiary/aromatic N) is 1. The molecule has 0 radical (unpaired) electrons. The van der Waals surface area contributed by atoms with Crippen molar-refractivity contribution in [3.05, 3.63) is 32.6 Å². The molecule has 1 aliphatic rings. The molecule has 1 aliphatic heterocycles. The van der Waals surface area contributed by atoms with Gasteiger partial charge in [-0.2, -0.15) is 0 Å². The smallest absolute Gasteiger partial charge is 0.330 e. The van der Waals surface area contributed by atoms with E-state index in [-0.39, 0.29) is 6.10 Å². The Balaban J connectivity index is 2.39. The molecule has 0 unspecified atom stereocenters. The molecule has 2 N–H and O–H groups in total. The Hall–Kier alpha value is -1.40. The first-order valence-electron chi connectivity index (χ1n) is 5.14. The van der Waals surface area contributed by atoms with Crippen LogP contribution in [0.4, 0.5) is 0 Å². The number of nitrogens with one attached hydrogen (secondary N) is 1. The molecule has 16 heavy (non-hydrogen) atoms. The maximum Gasteiger partial charge on any atom is 0.330 e. The molecule has 0 spiro atoms. The number of aromatic nitrogens is 2. The Morgan fingerprint density at radius 3 is 2.81 bits per heavy atom. The van der Waals surface area contributed by atoms with Gasteiger partial charge in [-0.25, -0.2) is 4.79 Å². The highest BCUT2D eigenvalue weighted by molar-refractivity contribution is 5.01. The van der Waals surface area contributed by atoms with Gasteiger partial charge in [-0.15, -0.1) is 0 Å². The summed E-state index contributed by atoms with van der Waals surface area (Å²) in [6, 6.07) is 0. The summed E-state index contributed by atoms with van der Waals surface area (Å²) >= 11 is 0. The normalized spacial score (nSPS) is 29.6. The van der Waals surface area contributed by atoms with Crippen LogP contribution in [-0.4, -0.2) is 26.9 Å². The summed E-state index contributed by atoms with van der Waals surface area (Å²) in [7, 11) is 0. The van der Waals surface area contributed by atoms with E-state index in [1.807, 2.05) is 0 Å². The van der Waals surface area contributed by atoms with E-state index in [1.165, 1.54) is 10.8 Å². The zero-order chi connectivity index (χ0) is 11.9. The summed E-state index contributed by atoms with van der Waals surface area (Å²) in [6.45, 7) is 3.36. The molecule has 2 rings (SSSR count). The fourth-order valence-electron chi connectivity index (χ4n) is 1.77. The van der Waals surface area contributed by atoms with Crippen LogP contribution in [0.5, 0.6) is 0 Å². The summed E-state index contributed by atoms with van der Waals surface area (Å²) in [5.74, 6) is 0. The highest BCUT2D eigenvalue weighted by Gasteiger charge is 2.32. The van der Waals surface area contributed by atoms with Crippen LogP contribution in [0.25, 0.3) is 0 Å². The third-order valence-corrected chi connectivity index (χ3v) is 2.81. The predicted molar refractivity (Wildman–Crippen MR) is 56.3 cm³/mol.